The zero-order valence-electron chi connectivity index (χ0n) is 9.59. The molecular formula is C13H14O3S. The number of benzene rings is 1. The smallest absolute Gasteiger partial charge is 0.314 e. The molecule has 90 valence electrons. The Morgan fingerprint density at radius 3 is 2.71 bits per heavy atom. The number of carbonyl (C=O) groups is 1. The summed E-state index contributed by atoms with van der Waals surface area (Å²) in [5, 5.41) is 0.384. The summed E-state index contributed by atoms with van der Waals surface area (Å²) >= 11 is 1.78. The van der Waals surface area contributed by atoms with Crippen molar-refractivity contribution in [1.82, 2.24) is 0 Å². The lowest BCUT2D eigenvalue weighted by atomic mass is 10.0. The molecule has 0 bridgehead atoms. The average Bonchev–Trinajstić information content (AvgIpc) is 2.66. The van der Waals surface area contributed by atoms with E-state index in [4.69, 9.17) is 9.47 Å². The number of ether oxygens (including phenoxy) is 2. The maximum absolute atomic E-state index is 11.4. The van der Waals surface area contributed by atoms with E-state index in [0.29, 0.717) is 5.25 Å². The summed E-state index contributed by atoms with van der Waals surface area (Å²) in [6.45, 7) is 0. The molecule has 1 aromatic carbocycles. The zero-order valence-corrected chi connectivity index (χ0v) is 10.4. The van der Waals surface area contributed by atoms with E-state index in [9.17, 15) is 4.79 Å². The molecule has 4 heteroatoms. The van der Waals surface area contributed by atoms with Gasteiger partial charge in [-0.3, -0.25) is 4.79 Å². The van der Waals surface area contributed by atoms with Gasteiger partial charge in [0.15, 0.2) is 0 Å². The minimum Gasteiger partial charge on any atom is -0.497 e. The van der Waals surface area contributed by atoms with Crippen LogP contribution >= 0.6 is 11.8 Å². The molecular weight excluding hydrogens is 236 g/mol. The summed E-state index contributed by atoms with van der Waals surface area (Å²) in [6.07, 6.45) is 2.28. The topological polar surface area (TPSA) is 35.5 Å². The van der Waals surface area contributed by atoms with Crippen LogP contribution < -0.4 is 4.74 Å². The highest BCUT2D eigenvalue weighted by atomic mass is 32.2. The van der Waals surface area contributed by atoms with Gasteiger partial charge in [0.2, 0.25) is 0 Å². The summed E-state index contributed by atoms with van der Waals surface area (Å²) in [4.78, 5) is 12.5. The highest BCUT2D eigenvalue weighted by Crippen LogP contribution is 2.46. The number of esters is 1. The molecule has 0 aromatic heterocycles. The number of carbonyl (C=O) groups excluding carboxylic acids is 1. The largest absolute Gasteiger partial charge is 0.497 e. The fourth-order valence-electron chi connectivity index (χ4n) is 2.48. The van der Waals surface area contributed by atoms with Crippen molar-refractivity contribution in [3.05, 3.63) is 24.3 Å². The molecule has 1 saturated heterocycles. The third kappa shape index (κ3) is 1.90. The first-order chi connectivity index (χ1) is 8.28. The number of methoxy groups -OCH3 is 1. The molecule has 1 aromatic rings. The number of rotatable bonds is 3. The molecule has 3 nitrogen and oxygen atoms in total. The normalized spacial score (nSPS) is 30.4. The maximum atomic E-state index is 11.4. The Morgan fingerprint density at radius 1 is 1.29 bits per heavy atom. The second-order valence-electron chi connectivity index (χ2n) is 4.41. The molecule has 1 aliphatic carbocycles. The van der Waals surface area contributed by atoms with Gasteiger partial charge >= 0.3 is 5.97 Å². The van der Waals surface area contributed by atoms with Crippen molar-refractivity contribution in [3.8, 4) is 5.75 Å². The Bertz CT molecular complexity index is 429. The van der Waals surface area contributed by atoms with Crippen molar-refractivity contribution in [2.45, 2.75) is 29.1 Å². The Balaban J connectivity index is 1.68. The SMILES string of the molecule is COc1ccc(S[C@H]2CC[C@@H]3OC(=O)[C@@H]32)cc1. The fourth-order valence-corrected chi connectivity index (χ4v) is 3.81. The molecule has 3 rings (SSSR count). The molecule has 2 fully saturated rings. The second kappa shape index (κ2) is 4.26. The van der Waals surface area contributed by atoms with Gasteiger partial charge in [-0.25, -0.2) is 0 Å². The molecule has 1 heterocycles. The van der Waals surface area contributed by atoms with Crippen LogP contribution in [0.15, 0.2) is 29.2 Å². The van der Waals surface area contributed by atoms with Crippen LogP contribution in [0.5, 0.6) is 5.75 Å². The highest BCUT2D eigenvalue weighted by Gasteiger charge is 2.52. The van der Waals surface area contributed by atoms with E-state index in [1.165, 1.54) is 4.90 Å². The summed E-state index contributed by atoms with van der Waals surface area (Å²) in [5.41, 5.74) is 0. The van der Waals surface area contributed by atoms with E-state index < -0.39 is 0 Å². The van der Waals surface area contributed by atoms with Gasteiger partial charge in [-0.05, 0) is 37.1 Å². The van der Waals surface area contributed by atoms with Gasteiger partial charge in [0.05, 0.1) is 7.11 Å². The molecule has 0 unspecified atom stereocenters. The van der Waals surface area contributed by atoms with E-state index in [0.717, 1.165) is 18.6 Å². The minimum absolute atomic E-state index is 0.0153. The van der Waals surface area contributed by atoms with Crippen molar-refractivity contribution in [1.29, 1.82) is 0 Å². The van der Waals surface area contributed by atoms with E-state index in [2.05, 4.69) is 0 Å². The molecule has 0 amide bonds. The molecule has 2 aliphatic rings. The van der Waals surface area contributed by atoms with Crippen LogP contribution in [-0.2, 0) is 9.53 Å². The number of thioether (sulfide) groups is 1. The van der Waals surface area contributed by atoms with Crippen molar-refractivity contribution in [3.63, 3.8) is 0 Å². The molecule has 17 heavy (non-hydrogen) atoms. The van der Waals surface area contributed by atoms with Crippen molar-refractivity contribution in [2.24, 2.45) is 5.92 Å². The second-order valence-corrected chi connectivity index (χ2v) is 5.72. The fraction of sp³-hybridized carbons (Fsp3) is 0.462. The van der Waals surface area contributed by atoms with Crippen LogP contribution in [0.3, 0.4) is 0 Å². The van der Waals surface area contributed by atoms with E-state index in [-0.39, 0.29) is 18.0 Å². The van der Waals surface area contributed by atoms with Crippen LogP contribution in [0.4, 0.5) is 0 Å². The van der Waals surface area contributed by atoms with Gasteiger partial charge in [0.25, 0.3) is 0 Å². The lowest BCUT2D eigenvalue weighted by Crippen LogP contribution is -2.44. The van der Waals surface area contributed by atoms with Crippen LogP contribution in [-0.4, -0.2) is 24.4 Å². The highest BCUT2D eigenvalue weighted by molar-refractivity contribution is 8.00. The van der Waals surface area contributed by atoms with Gasteiger partial charge in [0.1, 0.15) is 17.8 Å². The third-order valence-electron chi connectivity index (χ3n) is 3.42. The first-order valence-electron chi connectivity index (χ1n) is 5.79. The molecule has 0 N–H and O–H groups in total. The predicted molar refractivity (Wildman–Crippen MR) is 65.2 cm³/mol. The Kier molecular flexibility index (Phi) is 2.74. The van der Waals surface area contributed by atoms with Gasteiger partial charge in [-0.1, -0.05) is 0 Å². The van der Waals surface area contributed by atoms with Crippen LogP contribution in [0.2, 0.25) is 0 Å². The first-order valence-corrected chi connectivity index (χ1v) is 6.67. The minimum atomic E-state index is -0.0153. The lowest BCUT2D eigenvalue weighted by Gasteiger charge is -2.32. The lowest BCUT2D eigenvalue weighted by molar-refractivity contribution is -0.179. The third-order valence-corrected chi connectivity index (χ3v) is 4.80. The number of hydrogen-bond acceptors (Lipinski definition) is 4. The summed E-state index contributed by atoms with van der Waals surface area (Å²) in [7, 11) is 1.66. The number of fused-ring (bicyclic) bond motifs is 1. The van der Waals surface area contributed by atoms with E-state index >= 15 is 0 Å². The zero-order chi connectivity index (χ0) is 11.8. The van der Waals surface area contributed by atoms with E-state index in [1.54, 1.807) is 18.9 Å². The Hall–Kier alpha value is -1.16. The number of hydrogen-bond donors (Lipinski definition) is 0. The van der Waals surface area contributed by atoms with E-state index in [1.807, 2.05) is 24.3 Å². The molecule has 0 radical (unpaired) electrons. The Labute approximate surface area is 104 Å². The molecule has 0 spiro atoms. The van der Waals surface area contributed by atoms with Gasteiger partial charge in [-0.2, -0.15) is 0 Å². The van der Waals surface area contributed by atoms with Crippen molar-refractivity contribution < 1.29 is 14.3 Å². The van der Waals surface area contributed by atoms with Gasteiger partial charge in [-0.15, -0.1) is 11.8 Å². The van der Waals surface area contributed by atoms with Crippen LogP contribution in [0.1, 0.15) is 12.8 Å². The monoisotopic (exact) mass is 250 g/mol. The van der Waals surface area contributed by atoms with Gasteiger partial charge in [0, 0.05) is 10.1 Å². The van der Waals surface area contributed by atoms with Crippen LogP contribution in [0.25, 0.3) is 0 Å². The first kappa shape index (κ1) is 11.0. The van der Waals surface area contributed by atoms with Gasteiger partial charge < -0.3 is 9.47 Å². The summed E-state index contributed by atoms with van der Waals surface area (Å²) < 4.78 is 10.2. The predicted octanol–water partition coefficient (Wildman–Crippen LogP) is 2.49. The average molecular weight is 250 g/mol. The summed E-state index contributed by atoms with van der Waals surface area (Å²) in [6, 6.07) is 7.99. The molecule has 1 saturated carbocycles. The maximum Gasteiger partial charge on any atom is 0.314 e. The van der Waals surface area contributed by atoms with Crippen molar-refractivity contribution >= 4 is 17.7 Å². The molecule has 1 aliphatic heterocycles. The quantitative estimate of drug-likeness (QED) is 0.772. The summed E-state index contributed by atoms with van der Waals surface area (Å²) in [5.74, 6) is 0.974. The standard InChI is InChI=1S/C13H14O3S/c1-15-8-2-4-9(5-3-8)17-11-7-6-10-12(11)13(14)16-10/h2-5,10-12H,6-7H2,1H3/t10-,11-,12-/m0/s1. The van der Waals surface area contributed by atoms with Crippen molar-refractivity contribution in [2.75, 3.05) is 7.11 Å². The Morgan fingerprint density at radius 2 is 2.06 bits per heavy atom. The molecule has 3 atom stereocenters. The van der Waals surface area contributed by atoms with Crippen LogP contribution in [0, 0.1) is 5.92 Å².